The van der Waals surface area contributed by atoms with Crippen molar-refractivity contribution in [3.8, 4) is 0 Å². The average molecular weight is 321 g/mol. The Morgan fingerprint density at radius 2 is 1.96 bits per heavy atom. The minimum atomic E-state index is -0.186. The van der Waals surface area contributed by atoms with Crippen LogP contribution in [0.4, 0.5) is 11.4 Å². The summed E-state index contributed by atoms with van der Waals surface area (Å²) in [5, 5.41) is 5.38. The van der Waals surface area contributed by atoms with Crippen molar-refractivity contribution in [2.45, 2.75) is 20.3 Å². The molecule has 23 heavy (non-hydrogen) atoms. The Morgan fingerprint density at radius 3 is 2.57 bits per heavy atom. The van der Waals surface area contributed by atoms with Crippen LogP contribution >= 0.6 is 0 Å². The molecule has 0 aliphatic heterocycles. The number of carbonyl (C=O) groups is 3. The van der Waals surface area contributed by atoms with E-state index in [1.54, 1.807) is 31.4 Å². The van der Waals surface area contributed by atoms with Gasteiger partial charge in [-0.1, -0.05) is 6.07 Å². The minimum Gasteiger partial charge on any atom is -0.383 e. The number of ether oxygens (including phenoxy) is 1. The molecule has 1 aromatic rings. The van der Waals surface area contributed by atoms with E-state index < -0.39 is 0 Å². The number of hydrogen-bond acceptors (Lipinski definition) is 4. The lowest BCUT2D eigenvalue weighted by Crippen LogP contribution is -2.34. The molecule has 2 N–H and O–H groups in total. The molecule has 0 saturated heterocycles. The maximum atomic E-state index is 11.8. The highest BCUT2D eigenvalue weighted by Crippen LogP contribution is 2.20. The number of anilines is 2. The lowest BCUT2D eigenvalue weighted by Gasteiger charge is -2.21. The van der Waals surface area contributed by atoms with Gasteiger partial charge in [0.05, 0.1) is 6.61 Å². The van der Waals surface area contributed by atoms with E-state index in [2.05, 4.69) is 10.6 Å². The molecule has 0 heterocycles. The zero-order chi connectivity index (χ0) is 17.2. The van der Waals surface area contributed by atoms with Crippen molar-refractivity contribution in [2.24, 2.45) is 0 Å². The van der Waals surface area contributed by atoms with E-state index >= 15 is 0 Å². The van der Waals surface area contributed by atoms with Crippen LogP contribution in [-0.2, 0) is 19.1 Å². The zero-order valence-electron chi connectivity index (χ0n) is 13.7. The predicted molar refractivity (Wildman–Crippen MR) is 88.3 cm³/mol. The molecule has 7 nitrogen and oxygen atoms in total. The molecule has 0 radical (unpaired) electrons. The van der Waals surface area contributed by atoms with Crippen LogP contribution in [0.2, 0.25) is 0 Å². The molecule has 0 unspecified atom stereocenters. The van der Waals surface area contributed by atoms with Gasteiger partial charge in [-0.2, -0.15) is 0 Å². The normalized spacial score (nSPS) is 10.0. The Morgan fingerprint density at radius 1 is 1.22 bits per heavy atom. The van der Waals surface area contributed by atoms with Crippen LogP contribution in [0, 0.1) is 0 Å². The van der Waals surface area contributed by atoms with Crippen LogP contribution in [0.25, 0.3) is 0 Å². The van der Waals surface area contributed by atoms with E-state index in [9.17, 15) is 14.4 Å². The molecule has 0 atom stereocenters. The van der Waals surface area contributed by atoms with Crippen molar-refractivity contribution in [1.82, 2.24) is 5.32 Å². The predicted octanol–water partition coefficient (Wildman–Crippen LogP) is 1.15. The Balaban J connectivity index is 2.69. The van der Waals surface area contributed by atoms with Gasteiger partial charge >= 0.3 is 0 Å². The summed E-state index contributed by atoms with van der Waals surface area (Å²) >= 11 is 0. The highest BCUT2D eigenvalue weighted by molar-refractivity contribution is 5.94. The van der Waals surface area contributed by atoms with Gasteiger partial charge in [-0.15, -0.1) is 0 Å². The SMILES string of the molecule is COCCNC(=O)CCN(C(C)=O)c1cccc(NC(C)=O)c1. The van der Waals surface area contributed by atoms with Crippen LogP contribution < -0.4 is 15.5 Å². The van der Waals surface area contributed by atoms with Gasteiger partial charge in [0.1, 0.15) is 0 Å². The molecule has 0 fully saturated rings. The molecule has 0 saturated carbocycles. The number of nitrogens with one attached hydrogen (secondary N) is 2. The Kier molecular flexibility index (Phi) is 7.76. The Bertz CT molecular complexity index is 560. The molecule has 0 aliphatic carbocycles. The Hall–Kier alpha value is -2.41. The van der Waals surface area contributed by atoms with E-state index in [0.717, 1.165) is 0 Å². The second-order valence-electron chi connectivity index (χ2n) is 4.99. The van der Waals surface area contributed by atoms with Crippen LogP contribution in [0.5, 0.6) is 0 Å². The number of nitrogens with zero attached hydrogens (tertiary/aromatic N) is 1. The third kappa shape index (κ3) is 6.92. The van der Waals surface area contributed by atoms with Gasteiger partial charge in [-0.25, -0.2) is 0 Å². The molecule has 0 spiro atoms. The van der Waals surface area contributed by atoms with Crippen LogP contribution in [0.15, 0.2) is 24.3 Å². The molecule has 0 bridgehead atoms. The van der Waals surface area contributed by atoms with Crippen LogP contribution in [0.1, 0.15) is 20.3 Å². The molecule has 0 aromatic heterocycles. The van der Waals surface area contributed by atoms with Crippen molar-refractivity contribution in [2.75, 3.05) is 37.0 Å². The molecule has 0 aliphatic rings. The molecular formula is C16H23N3O4. The van der Waals surface area contributed by atoms with Gasteiger partial charge in [0.2, 0.25) is 17.7 Å². The Labute approximate surface area is 136 Å². The molecular weight excluding hydrogens is 298 g/mol. The summed E-state index contributed by atoms with van der Waals surface area (Å²) in [5.74, 6) is -0.505. The molecule has 7 heteroatoms. The average Bonchev–Trinajstić information content (AvgIpc) is 2.47. The highest BCUT2D eigenvalue weighted by Gasteiger charge is 2.14. The second-order valence-corrected chi connectivity index (χ2v) is 4.99. The van der Waals surface area contributed by atoms with Crippen LogP contribution in [-0.4, -0.2) is 44.5 Å². The smallest absolute Gasteiger partial charge is 0.223 e. The molecule has 126 valence electrons. The summed E-state index contributed by atoms with van der Waals surface area (Å²) in [4.78, 5) is 36.2. The summed E-state index contributed by atoms with van der Waals surface area (Å²) < 4.78 is 4.86. The van der Waals surface area contributed by atoms with Gasteiger partial charge < -0.3 is 20.3 Å². The lowest BCUT2D eigenvalue weighted by molar-refractivity contribution is -0.121. The summed E-state index contributed by atoms with van der Waals surface area (Å²) in [6.45, 7) is 4.00. The van der Waals surface area contributed by atoms with Crippen molar-refractivity contribution in [1.29, 1.82) is 0 Å². The molecule has 3 amide bonds. The van der Waals surface area contributed by atoms with Crippen molar-refractivity contribution < 1.29 is 19.1 Å². The number of benzene rings is 1. The first-order valence-corrected chi connectivity index (χ1v) is 7.35. The van der Waals surface area contributed by atoms with E-state index in [1.807, 2.05) is 0 Å². The van der Waals surface area contributed by atoms with Crippen LogP contribution in [0.3, 0.4) is 0 Å². The van der Waals surface area contributed by atoms with Gasteiger partial charge in [-0.3, -0.25) is 14.4 Å². The first-order valence-electron chi connectivity index (χ1n) is 7.35. The first kappa shape index (κ1) is 18.6. The number of rotatable bonds is 8. The van der Waals surface area contributed by atoms with Gasteiger partial charge in [0.25, 0.3) is 0 Å². The van der Waals surface area contributed by atoms with Gasteiger partial charge in [0, 0.05) is 51.8 Å². The summed E-state index contributed by atoms with van der Waals surface area (Å²) in [5.41, 5.74) is 1.24. The molecule has 1 aromatic carbocycles. The van der Waals surface area contributed by atoms with E-state index in [-0.39, 0.29) is 30.7 Å². The van der Waals surface area contributed by atoms with E-state index in [4.69, 9.17) is 4.74 Å². The maximum Gasteiger partial charge on any atom is 0.223 e. The third-order valence-corrected chi connectivity index (χ3v) is 3.05. The second kappa shape index (κ2) is 9.58. The fourth-order valence-electron chi connectivity index (χ4n) is 2.02. The lowest BCUT2D eigenvalue weighted by atomic mass is 10.2. The van der Waals surface area contributed by atoms with Crippen molar-refractivity contribution in [3.05, 3.63) is 24.3 Å². The zero-order valence-corrected chi connectivity index (χ0v) is 13.7. The topological polar surface area (TPSA) is 87.7 Å². The van der Waals surface area contributed by atoms with E-state index in [1.165, 1.54) is 18.7 Å². The monoisotopic (exact) mass is 321 g/mol. The summed E-state index contributed by atoms with van der Waals surface area (Å²) in [6, 6.07) is 6.94. The minimum absolute atomic E-state index is 0.147. The quantitative estimate of drug-likeness (QED) is 0.703. The first-order chi connectivity index (χ1) is 10.9. The third-order valence-electron chi connectivity index (χ3n) is 3.05. The number of carbonyl (C=O) groups excluding carboxylic acids is 3. The fourth-order valence-corrected chi connectivity index (χ4v) is 2.02. The number of hydrogen-bond donors (Lipinski definition) is 2. The molecule has 1 rings (SSSR count). The highest BCUT2D eigenvalue weighted by atomic mass is 16.5. The number of methoxy groups -OCH3 is 1. The standard InChI is InChI=1S/C16H23N3O4/c1-12(20)18-14-5-4-6-15(11-14)19(13(2)21)9-7-16(22)17-8-10-23-3/h4-6,11H,7-10H2,1-3H3,(H,17,22)(H,18,20). The maximum absolute atomic E-state index is 11.8. The largest absolute Gasteiger partial charge is 0.383 e. The number of amides is 3. The summed E-state index contributed by atoms with van der Waals surface area (Å²) in [7, 11) is 1.56. The van der Waals surface area contributed by atoms with Crippen molar-refractivity contribution >= 4 is 29.1 Å². The van der Waals surface area contributed by atoms with Gasteiger partial charge in [-0.05, 0) is 18.2 Å². The summed E-state index contributed by atoms with van der Waals surface area (Å²) in [6.07, 6.45) is 0.188. The van der Waals surface area contributed by atoms with Crippen molar-refractivity contribution in [3.63, 3.8) is 0 Å². The van der Waals surface area contributed by atoms with E-state index in [0.29, 0.717) is 24.5 Å². The van der Waals surface area contributed by atoms with Gasteiger partial charge in [0.15, 0.2) is 0 Å². The fraction of sp³-hybridized carbons (Fsp3) is 0.438.